The molecule has 27 heavy (non-hydrogen) atoms. The van der Waals surface area contributed by atoms with Gasteiger partial charge in [0.25, 0.3) is 0 Å². The van der Waals surface area contributed by atoms with Gasteiger partial charge in [-0.2, -0.15) is 0 Å². The first-order chi connectivity index (χ1) is 12.9. The van der Waals surface area contributed by atoms with Crippen molar-refractivity contribution in [2.75, 3.05) is 25.1 Å². The Hall–Kier alpha value is -0.730. The van der Waals surface area contributed by atoms with Crippen LogP contribution < -0.4 is 10.6 Å². The average molecular weight is 534 g/mol. The predicted molar refractivity (Wildman–Crippen MR) is 122 cm³/mol. The van der Waals surface area contributed by atoms with Crippen LogP contribution in [0.15, 0.2) is 39.3 Å². The van der Waals surface area contributed by atoms with Crippen LogP contribution in [0.3, 0.4) is 0 Å². The Kier molecular flexibility index (Phi) is 7.14. The van der Waals surface area contributed by atoms with Gasteiger partial charge >= 0.3 is 0 Å². The van der Waals surface area contributed by atoms with Crippen LogP contribution in [0.4, 0.5) is 5.82 Å². The zero-order valence-corrected chi connectivity index (χ0v) is 19.6. The number of ether oxygens (including phenoxy) is 1. The van der Waals surface area contributed by atoms with Crippen molar-refractivity contribution in [3.8, 4) is 0 Å². The van der Waals surface area contributed by atoms with E-state index in [9.17, 15) is 0 Å². The molecule has 8 heteroatoms. The normalized spacial score (nSPS) is 16.0. The Morgan fingerprint density at radius 2 is 1.89 bits per heavy atom. The number of nitrogens with zero attached hydrogens (tertiary/aromatic N) is 1. The summed E-state index contributed by atoms with van der Waals surface area (Å²) >= 11 is 18.6. The van der Waals surface area contributed by atoms with Gasteiger partial charge in [0.15, 0.2) is 5.11 Å². The summed E-state index contributed by atoms with van der Waals surface area (Å²) in [5.41, 5.74) is 2.12. The van der Waals surface area contributed by atoms with Crippen molar-refractivity contribution in [1.29, 1.82) is 0 Å². The molecule has 2 aromatic rings. The number of hydrogen-bond donors (Lipinski definition) is 2. The molecule has 2 N–H and O–H groups in total. The monoisotopic (exact) mass is 531 g/mol. The second kappa shape index (κ2) is 9.18. The van der Waals surface area contributed by atoms with Gasteiger partial charge in [-0.1, -0.05) is 23.7 Å². The van der Waals surface area contributed by atoms with Gasteiger partial charge < -0.3 is 15.4 Å². The molecule has 0 spiro atoms. The Morgan fingerprint density at radius 3 is 2.56 bits per heavy atom. The van der Waals surface area contributed by atoms with Crippen LogP contribution in [0.5, 0.6) is 0 Å². The number of rotatable bonds is 4. The Labute approximate surface area is 186 Å². The maximum absolute atomic E-state index is 6.07. The number of aryl methyl sites for hydroxylation is 1. The molecule has 0 saturated carbocycles. The third kappa shape index (κ3) is 5.21. The molecular weight excluding hydrogens is 514 g/mol. The average Bonchev–Trinajstić information content (AvgIpc) is 2.66. The minimum Gasteiger partial charge on any atom is -0.381 e. The highest BCUT2D eigenvalue weighted by Crippen LogP contribution is 2.35. The zero-order valence-electron chi connectivity index (χ0n) is 14.8. The SMILES string of the molecule is Cc1nc(NC(=S)NCC2(c3ccc(Cl)cc3)CCOCC2)c(Br)cc1Br. The van der Waals surface area contributed by atoms with E-state index in [4.69, 9.17) is 28.6 Å². The second-order valence-electron chi connectivity index (χ2n) is 6.59. The molecule has 1 aromatic heterocycles. The van der Waals surface area contributed by atoms with Gasteiger partial charge in [-0.3, -0.25) is 0 Å². The van der Waals surface area contributed by atoms with Crippen LogP contribution in [0, 0.1) is 6.92 Å². The molecule has 2 heterocycles. The molecule has 4 nitrogen and oxygen atoms in total. The van der Waals surface area contributed by atoms with Crippen molar-refractivity contribution >= 4 is 66.6 Å². The van der Waals surface area contributed by atoms with E-state index >= 15 is 0 Å². The van der Waals surface area contributed by atoms with Crippen molar-refractivity contribution in [3.05, 3.63) is 55.6 Å². The van der Waals surface area contributed by atoms with Gasteiger partial charge in [0.1, 0.15) is 5.82 Å². The van der Waals surface area contributed by atoms with Crippen molar-refractivity contribution < 1.29 is 4.74 Å². The standard InChI is InChI=1S/C19H20Br2ClN3OS/c1-12-15(20)10-16(21)17(24-12)25-18(27)23-11-19(6-8-26-9-7-19)13-2-4-14(22)5-3-13/h2-5,10H,6-9,11H2,1H3,(H2,23,24,25,27). The first-order valence-corrected chi connectivity index (χ1v) is 11.0. The molecule has 1 aliphatic rings. The molecule has 0 aliphatic carbocycles. The van der Waals surface area contributed by atoms with E-state index in [0.717, 1.165) is 52.3 Å². The quantitative estimate of drug-likeness (QED) is 0.501. The van der Waals surface area contributed by atoms with Crippen LogP contribution in [0.2, 0.25) is 5.02 Å². The molecule has 0 radical (unpaired) electrons. The lowest BCUT2D eigenvalue weighted by atomic mass is 9.74. The minimum atomic E-state index is -0.0329. The second-order valence-corrected chi connectivity index (χ2v) is 9.15. The fourth-order valence-electron chi connectivity index (χ4n) is 3.18. The van der Waals surface area contributed by atoms with Crippen molar-refractivity contribution in [1.82, 2.24) is 10.3 Å². The van der Waals surface area contributed by atoms with Crippen LogP contribution in [-0.4, -0.2) is 29.9 Å². The molecule has 0 amide bonds. The third-order valence-corrected chi connectivity index (χ3v) is 6.74. The largest absolute Gasteiger partial charge is 0.381 e. The molecule has 0 atom stereocenters. The summed E-state index contributed by atoms with van der Waals surface area (Å²) < 4.78 is 7.39. The highest BCUT2D eigenvalue weighted by molar-refractivity contribution is 9.11. The summed E-state index contributed by atoms with van der Waals surface area (Å²) in [6, 6.07) is 10.0. The van der Waals surface area contributed by atoms with Gasteiger partial charge in [-0.15, -0.1) is 0 Å². The maximum Gasteiger partial charge on any atom is 0.172 e. The zero-order chi connectivity index (χ0) is 19.4. The highest BCUT2D eigenvalue weighted by Gasteiger charge is 2.34. The van der Waals surface area contributed by atoms with Crippen molar-refractivity contribution in [2.24, 2.45) is 0 Å². The van der Waals surface area contributed by atoms with Gasteiger partial charge in [0.2, 0.25) is 0 Å². The molecule has 1 aromatic carbocycles. The Balaban J connectivity index is 1.71. The van der Waals surface area contributed by atoms with E-state index in [0.29, 0.717) is 10.9 Å². The van der Waals surface area contributed by atoms with E-state index in [2.05, 4.69) is 59.6 Å². The summed E-state index contributed by atoms with van der Waals surface area (Å²) in [4.78, 5) is 4.53. The number of thiocarbonyl (C=S) groups is 1. The van der Waals surface area contributed by atoms with E-state index < -0.39 is 0 Å². The lowest BCUT2D eigenvalue weighted by molar-refractivity contribution is 0.0515. The topological polar surface area (TPSA) is 46.2 Å². The lowest BCUT2D eigenvalue weighted by Crippen LogP contribution is -2.45. The molecule has 1 saturated heterocycles. The van der Waals surface area contributed by atoms with Crippen LogP contribution in [-0.2, 0) is 10.2 Å². The first kappa shape index (κ1) is 21.0. The fourth-order valence-corrected chi connectivity index (χ4v) is 4.52. The number of pyridine rings is 1. The molecule has 144 valence electrons. The molecule has 0 bridgehead atoms. The number of halogens is 3. The van der Waals surface area contributed by atoms with Gasteiger partial charge in [-0.25, -0.2) is 4.98 Å². The third-order valence-electron chi connectivity index (χ3n) is 4.83. The number of nitrogens with one attached hydrogen (secondary N) is 2. The number of benzene rings is 1. The van der Waals surface area contributed by atoms with E-state index in [-0.39, 0.29) is 5.41 Å². The summed E-state index contributed by atoms with van der Waals surface area (Å²) in [6.07, 6.45) is 1.87. The molecule has 1 fully saturated rings. The summed E-state index contributed by atoms with van der Waals surface area (Å²) in [6.45, 7) is 4.14. The Morgan fingerprint density at radius 1 is 1.22 bits per heavy atom. The van der Waals surface area contributed by atoms with Crippen LogP contribution >= 0.6 is 55.7 Å². The number of aromatic nitrogens is 1. The lowest BCUT2D eigenvalue weighted by Gasteiger charge is -2.38. The van der Waals surface area contributed by atoms with Crippen LogP contribution in [0.1, 0.15) is 24.1 Å². The molecule has 1 aliphatic heterocycles. The highest BCUT2D eigenvalue weighted by atomic mass is 79.9. The molecular formula is C19H20Br2ClN3OS. The Bertz CT molecular complexity index is 826. The van der Waals surface area contributed by atoms with Crippen LogP contribution in [0.25, 0.3) is 0 Å². The van der Waals surface area contributed by atoms with E-state index in [1.54, 1.807) is 0 Å². The molecule has 0 unspecified atom stereocenters. The summed E-state index contributed by atoms with van der Waals surface area (Å²) in [5.74, 6) is 0.695. The number of hydrogen-bond acceptors (Lipinski definition) is 3. The van der Waals surface area contributed by atoms with Gasteiger partial charge in [-0.05, 0) is 87.6 Å². The van der Waals surface area contributed by atoms with Crippen molar-refractivity contribution in [3.63, 3.8) is 0 Å². The molecule has 3 rings (SSSR count). The first-order valence-electron chi connectivity index (χ1n) is 8.61. The minimum absolute atomic E-state index is 0.0329. The fraction of sp³-hybridized carbons (Fsp3) is 0.368. The van der Waals surface area contributed by atoms with E-state index in [1.165, 1.54) is 5.56 Å². The van der Waals surface area contributed by atoms with Gasteiger partial charge in [0.05, 0.1) is 10.2 Å². The summed E-state index contributed by atoms with van der Waals surface area (Å²) in [5, 5.41) is 7.85. The maximum atomic E-state index is 6.07. The van der Waals surface area contributed by atoms with Gasteiger partial charge in [0, 0.05) is 34.7 Å². The van der Waals surface area contributed by atoms with E-state index in [1.807, 2.05) is 25.1 Å². The predicted octanol–water partition coefficient (Wildman–Crippen LogP) is 5.60. The smallest absolute Gasteiger partial charge is 0.172 e. The number of anilines is 1. The summed E-state index contributed by atoms with van der Waals surface area (Å²) in [7, 11) is 0. The van der Waals surface area contributed by atoms with Crippen molar-refractivity contribution in [2.45, 2.75) is 25.2 Å².